The highest BCUT2D eigenvalue weighted by molar-refractivity contribution is 7.08. The normalized spacial score (nSPS) is 11.1. The maximum atomic E-state index is 13.1. The van der Waals surface area contributed by atoms with E-state index < -0.39 is 0 Å². The van der Waals surface area contributed by atoms with E-state index in [1.54, 1.807) is 40.4 Å². The molecule has 0 saturated heterocycles. The Labute approximate surface area is 129 Å². The van der Waals surface area contributed by atoms with Crippen molar-refractivity contribution >= 4 is 22.8 Å². The van der Waals surface area contributed by atoms with Crippen LogP contribution in [0.5, 0.6) is 0 Å². The lowest BCUT2D eigenvalue weighted by Crippen LogP contribution is -2.02. The van der Waals surface area contributed by atoms with Crippen LogP contribution < -0.4 is 5.73 Å². The molecule has 0 aliphatic carbocycles. The van der Waals surface area contributed by atoms with Gasteiger partial charge in [-0.15, -0.1) is 0 Å². The second-order valence-corrected chi connectivity index (χ2v) is 5.65. The zero-order valence-corrected chi connectivity index (χ0v) is 12.2. The van der Waals surface area contributed by atoms with Gasteiger partial charge in [0, 0.05) is 17.3 Å². The van der Waals surface area contributed by atoms with Gasteiger partial charge in [-0.3, -0.25) is 0 Å². The van der Waals surface area contributed by atoms with Gasteiger partial charge in [0.2, 0.25) is 0 Å². The third kappa shape index (κ3) is 1.96. The third-order valence-electron chi connectivity index (χ3n) is 3.55. The average Bonchev–Trinajstić information content (AvgIpc) is 3.18. The Balaban J connectivity index is 1.90. The van der Waals surface area contributed by atoms with Crippen LogP contribution in [-0.4, -0.2) is 14.6 Å². The standard InChI is InChI=1S/C16H11FN4S/c17-12-3-1-10(2-4-12)14-8-20-21-15(18)13(7-19-16(14)21)11-5-6-22-9-11/h1-9H,18H2. The van der Waals surface area contributed by atoms with Crippen LogP contribution in [0.15, 0.2) is 53.5 Å². The van der Waals surface area contributed by atoms with E-state index in [0.717, 1.165) is 22.3 Å². The first kappa shape index (κ1) is 13.0. The van der Waals surface area contributed by atoms with Gasteiger partial charge in [-0.2, -0.15) is 21.0 Å². The van der Waals surface area contributed by atoms with Crippen LogP contribution in [0.3, 0.4) is 0 Å². The molecule has 4 rings (SSSR count). The van der Waals surface area contributed by atoms with Crippen molar-refractivity contribution in [3.05, 3.63) is 59.3 Å². The molecule has 0 aliphatic rings. The summed E-state index contributed by atoms with van der Waals surface area (Å²) in [6, 6.07) is 8.24. The predicted octanol–water partition coefficient (Wildman–Crippen LogP) is 3.85. The second-order valence-electron chi connectivity index (χ2n) is 4.87. The molecule has 0 unspecified atom stereocenters. The van der Waals surface area contributed by atoms with Crippen LogP contribution in [0.4, 0.5) is 10.2 Å². The number of halogens is 1. The quantitative estimate of drug-likeness (QED) is 0.612. The summed E-state index contributed by atoms with van der Waals surface area (Å²) in [4.78, 5) is 4.49. The van der Waals surface area contributed by atoms with Crippen molar-refractivity contribution in [3.8, 4) is 22.3 Å². The topological polar surface area (TPSA) is 56.2 Å². The summed E-state index contributed by atoms with van der Waals surface area (Å²) in [6.45, 7) is 0. The number of nitrogens with zero attached hydrogens (tertiary/aromatic N) is 3. The first-order valence-corrected chi connectivity index (χ1v) is 7.59. The summed E-state index contributed by atoms with van der Waals surface area (Å²) in [7, 11) is 0. The number of fused-ring (bicyclic) bond motifs is 1. The highest BCUT2D eigenvalue weighted by atomic mass is 32.1. The van der Waals surface area contributed by atoms with Crippen LogP contribution in [0.25, 0.3) is 27.9 Å². The monoisotopic (exact) mass is 310 g/mol. The average molecular weight is 310 g/mol. The first-order chi connectivity index (χ1) is 10.7. The van der Waals surface area contributed by atoms with Crippen molar-refractivity contribution in [1.29, 1.82) is 0 Å². The lowest BCUT2D eigenvalue weighted by Gasteiger charge is -2.06. The molecule has 0 spiro atoms. The number of nitrogens with two attached hydrogens (primary N) is 1. The molecule has 4 nitrogen and oxygen atoms in total. The summed E-state index contributed by atoms with van der Waals surface area (Å²) in [6.07, 6.45) is 3.45. The molecule has 22 heavy (non-hydrogen) atoms. The van der Waals surface area contributed by atoms with Crippen molar-refractivity contribution in [1.82, 2.24) is 14.6 Å². The Kier molecular flexibility index (Phi) is 2.90. The van der Waals surface area contributed by atoms with Crippen LogP contribution in [0, 0.1) is 5.82 Å². The zero-order valence-electron chi connectivity index (χ0n) is 11.4. The van der Waals surface area contributed by atoms with E-state index in [-0.39, 0.29) is 5.82 Å². The molecule has 3 heterocycles. The van der Waals surface area contributed by atoms with E-state index in [4.69, 9.17) is 5.73 Å². The largest absolute Gasteiger partial charge is 0.383 e. The van der Waals surface area contributed by atoms with Crippen molar-refractivity contribution in [3.63, 3.8) is 0 Å². The first-order valence-electron chi connectivity index (χ1n) is 6.65. The second kappa shape index (κ2) is 4.92. The minimum Gasteiger partial charge on any atom is -0.383 e. The van der Waals surface area contributed by atoms with Gasteiger partial charge in [0.15, 0.2) is 5.65 Å². The Morgan fingerprint density at radius 2 is 1.82 bits per heavy atom. The number of benzene rings is 1. The van der Waals surface area contributed by atoms with E-state index in [2.05, 4.69) is 10.1 Å². The fourth-order valence-corrected chi connectivity index (χ4v) is 3.08. The Morgan fingerprint density at radius 1 is 1.00 bits per heavy atom. The molecule has 0 aliphatic heterocycles. The molecule has 3 aromatic heterocycles. The van der Waals surface area contributed by atoms with Crippen molar-refractivity contribution < 1.29 is 4.39 Å². The van der Waals surface area contributed by atoms with E-state index in [9.17, 15) is 4.39 Å². The summed E-state index contributed by atoms with van der Waals surface area (Å²) in [5.41, 5.74) is 10.4. The lowest BCUT2D eigenvalue weighted by atomic mass is 10.1. The number of hydrogen-bond donors (Lipinski definition) is 1. The molecule has 0 fully saturated rings. The molecule has 1 aromatic carbocycles. The molecule has 108 valence electrons. The molecule has 4 aromatic rings. The van der Waals surface area contributed by atoms with Crippen LogP contribution in [0.1, 0.15) is 0 Å². The fraction of sp³-hybridized carbons (Fsp3) is 0. The predicted molar refractivity (Wildman–Crippen MR) is 86.1 cm³/mol. The van der Waals surface area contributed by atoms with Gasteiger partial charge in [-0.25, -0.2) is 9.37 Å². The van der Waals surface area contributed by atoms with Gasteiger partial charge in [0.25, 0.3) is 0 Å². The molecule has 0 radical (unpaired) electrons. The minimum absolute atomic E-state index is 0.271. The molecule has 2 N–H and O–H groups in total. The van der Waals surface area contributed by atoms with Crippen molar-refractivity contribution in [2.45, 2.75) is 0 Å². The van der Waals surface area contributed by atoms with Gasteiger partial charge in [-0.05, 0) is 40.1 Å². The maximum Gasteiger partial charge on any atom is 0.165 e. The molecule has 0 bridgehead atoms. The smallest absolute Gasteiger partial charge is 0.165 e. The van der Waals surface area contributed by atoms with Gasteiger partial charge >= 0.3 is 0 Å². The SMILES string of the molecule is Nc1c(-c2ccsc2)cnc2c(-c3ccc(F)cc3)cnn12. The van der Waals surface area contributed by atoms with Crippen molar-refractivity contribution in [2.75, 3.05) is 5.73 Å². The number of aromatic nitrogens is 3. The zero-order chi connectivity index (χ0) is 15.1. The van der Waals surface area contributed by atoms with Gasteiger partial charge in [-0.1, -0.05) is 12.1 Å². The third-order valence-corrected chi connectivity index (χ3v) is 4.23. The number of anilines is 1. The number of rotatable bonds is 2. The Morgan fingerprint density at radius 3 is 2.55 bits per heavy atom. The Bertz CT molecular complexity index is 942. The van der Waals surface area contributed by atoms with E-state index >= 15 is 0 Å². The molecule has 0 amide bonds. The Hall–Kier alpha value is -2.73. The highest BCUT2D eigenvalue weighted by Crippen LogP contribution is 2.30. The fourth-order valence-electron chi connectivity index (χ4n) is 2.42. The van der Waals surface area contributed by atoms with E-state index in [0.29, 0.717) is 11.5 Å². The van der Waals surface area contributed by atoms with Gasteiger partial charge < -0.3 is 5.73 Å². The van der Waals surface area contributed by atoms with E-state index in [1.807, 2.05) is 16.8 Å². The van der Waals surface area contributed by atoms with Crippen molar-refractivity contribution in [2.24, 2.45) is 0 Å². The minimum atomic E-state index is -0.271. The molecule has 0 atom stereocenters. The maximum absolute atomic E-state index is 13.1. The van der Waals surface area contributed by atoms with Gasteiger partial charge in [0.1, 0.15) is 11.6 Å². The molecule has 6 heteroatoms. The summed E-state index contributed by atoms with van der Waals surface area (Å²) >= 11 is 1.60. The van der Waals surface area contributed by atoms with Crippen LogP contribution in [-0.2, 0) is 0 Å². The number of nitrogen functional groups attached to an aromatic ring is 1. The summed E-state index contributed by atoms with van der Waals surface area (Å²) < 4.78 is 14.7. The summed E-state index contributed by atoms with van der Waals surface area (Å²) in [5.74, 6) is 0.268. The molecular formula is C16H11FN4S. The van der Waals surface area contributed by atoms with Crippen LogP contribution in [0.2, 0.25) is 0 Å². The molecular weight excluding hydrogens is 299 g/mol. The highest BCUT2D eigenvalue weighted by Gasteiger charge is 2.13. The summed E-state index contributed by atoms with van der Waals surface area (Å²) in [5, 5.41) is 8.34. The lowest BCUT2D eigenvalue weighted by molar-refractivity contribution is 0.628. The number of hydrogen-bond acceptors (Lipinski definition) is 4. The molecule has 0 saturated carbocycles. The van der Waals surface area contributed by atoms with E-state index in [1.165, 1.54) is 12.1 Å². The van der Waals surface area contributed by atoms with Crippen LogP contribution >= 0.6 is 11.3 Å². The van der Waals surface area contributed by atoms with Gasteiger partial charge in [0.05, 0.1) is 6.20 Å². The number of thiophene rings is 1.